The summed E-state index contributed by atoms with van der Waals surface area (Å²) in [4.78, 5) is 0. The van der Waals surface area contributed by atoms with E-state index in [9.17, 15) is 13.2 Å². The normalized spacial score (nSPS) is 11.5. The SMILES string of the molecule is CCc1nn(C)cc1CNc1cccc(OC(F)(F)F)c1. The zero-order chi connectivity index (χ0) is 15.5. The van der Waals surface area contributed by atoms with Crippen LogP contribution in [-0.4, -0.2) is 16.1 Å². The van der Waals surface area contributed by atoms with Crippen molar-refractivity contribution in [2.24, 2.45) is 7.05 Å². The minimum Gasteiger partial charge on any atom is -0.406 e. The summed E-state index contributed by atoms with van der Waals surface area (Å²) < 4.78 is 42.1. The zero-order valence-corrected chi connectivity index (χ0v) is 11.7. The minimum atomic E-state index is -4.68. The number of halogens is 3. The van der Waals surface area contributed by atoms with Crippen LogP contribution in [0.25, 0.3) is 0 Å². The van der Waals surface area contributed by atoms with E-state index in [0.29, 0.717) is 12.2 Å². The molecule has 21 heavy (non-hydrogen) atoms. The molecule has 0 fully saturated rings. The maximum atomic E-state index is 12.2. The largest absolute Gasteiger partial charge is 0.573 e. The molecule has 1 heterocycles. The molecule has 0 saturated carbocycles. The highest BCUT2D eigenvalue weighted by molar-refractivity contribution is 5.48. The number of nitrogens with one attached hydrogen (secondary N) is 1. The zero-order valence-electron chi connectivity index (χ0n) is 11.7. The molecule has 0 aliphatic rings. The van der Waals surface area contributed by atoms with Crippen LogP contribution in [0.3, 0.4) is 0 Å². The number of hydrogen-bond acceptors (Lipinski definition) is 3. The van der Waals surface area contributed by atoms with E-state index in [0.717, 1.165) is 17.7 Å². The Kier molecular flexibility index (Phi) is 4.40. The number of benzene rings is 1. The van der Waals surface area contributed by atoms with Crippen LogP contribution in [0.5, 0.6) is 5.75 Å². The molecule has 0 bridgehead atoms. The van der Waals surface area contributed by atoms with Crippen LogP contribution in [0.15, 0.2) is 30.5 Å². The van der Waals surface area contributed by atoms with Crippen LogP contribution >= 0.6 is 0 Å². The molecule has 0 spiro atoms. The summed E-state index contributed by atoms with van der Waals surface area (Å²) in [6.07, 6.45) is -1.99. The van der Waals surface area contributed by atoms with Gasteiger partial charge in [0.15, 0.2) is 0 Å². The molecule has 0 saturated heterocycles. The molecule has 1 aromatic heterocycles. The van der Waals surface area contributed by atoms with Crippen LogP contribution in [0.4, 0.5) is 18.9 Å². The first-order valence-corrected chi connectivity index (χ1v) is 6.48. The Bertz CT molecular complexity index is 608. The lowest BCUT2D eigenvalue weighted by Crippen LogP contribution is -2.17. The number of anilines is 1. The van der Waals surface area contributed by atoms with Gasteiger partial charge in [-0.05, 0) is 18.6 Å². The summed E-state index contributed by atoms with van der Waals surface area (Å²) in [5.41, 5.74) is 2.54. The van der Waals surface area contributed by atoms with Crippen molar-refractivity contribution in [1.82, 2.24) is 9.78 Å². The molecule has 1 N–H and O–H groups in total. The lowest BCUT2D eigenvalue weighted by atomic mass is 10.2. The van der Waals surface area contributed by atoms with Crippen molar-refractivity contribution < 1.29 is 17.9 Å². The van der Waals surface area contributed by atoms with E-state index >= 15 is 0 Å². The third-order valence-corrected chi connectivity index (χ3v) is 2.88. The number of alkyl halides is 3. The molecule has 2 aromatic rings. The fourth-order valence-electron chi connectivity index (χ4n) is 2.03. The quantitative estimate of drug-likeness (QED) is 0.918. The van der Waals surface area contributed by atoms with Crippen molar-refractivity contribution in [3.63, 3.8) is 0 Å². The van der Waals surface area contributed by atoms with Gasteiger partial charge >= 0.3 is 6.36 Å². The molecule has 0 amide bonds. The van der Waals surface area contributed by atoms with Gasteiger partial charge in [0, 0.05) is 37.1 Å². The molecule has 1 aromatic carbocycles. The Labute approximate surface area is 120 Å². The fourth-order valence-corrected chi connectivity index (χ4v) is 2.03. The number of nitrogens with zero attached hydrogens (tertiary/aromatic N) is 2. The summed E-state index contributed by atoms with van der Waals surface area (Å²) >= 11 is 0. The smallest absolute Gasteiger partial charge is 0.406 e. The summed E-state index contributed by atoms with van der Waals surface area (Å²) in [7, 11) is 1.83. The summed E-state index contributed by atoms with van der Waals surface area (Å²) in [5, 5.41) is 7.39. The highest BCUT2D eigenvalue weighted by Crippen LogP contribution is 2.25. The predicted octanol–water partition coefficient (Wildman–Crippen LogP) is 3.49. The van der Waals surface area contributed by atoms with Gasteiger partial charge in [-0.25, -0.2) is 0 Å². The molecular weight excluding hydrogens is 283 g/mol. The van der Waals surface area contributed by atoms with Crippen molar-refractivity contribution in [3.05, 3.63) is 41.7 Å². The highest BCUT2D eigenvalue weighted by atomic mass is 19.4. The van der Waals surface area contributed by atoms with Gasteiger partial charge in [0.25, 0.3) is 0 Å². The van der Waals surface area contributed by atoms with E-state index < -0.39 is 6.36 Å². The molecule has 7 heteroatoms. The summed E-state index contributed by atoms with van der Waals surface area (Å²) in [6.45, 7) is 2.50. The van der Waals surface area contributed by atoms with Crippen molar-refractivity contribution in [2.75, 3.05) is 5.32 Å². The Balaban J connectivity index is 2.04. The van der Waals surface area contributed by atoms with Crippen LogP contribution in [0.2, 0.25) is 0 Å². The Morgan fingerprint density at radius 2 is 2.10 bits per heavy atom. The third kappa shape index (κ3) is 4.40. The van der Waals surface area contributed by atoms with Gasteiger partial charge in [-0.2, -0.15) is 5.10 Å². The molecule has 0 radical (unpaired) electrons. The maximum absolute atomic E-state index is 12.2. The fraction of sp³-hybridized carbons (Fsp3) is 0.357. The Morgan fingerprint density at radius 3 is 2.76 bits per heavy atom. The first kappa shape index (κ1) is 15.2. The van der Waals surface area contributed by atoms with Gasteiger partial charge in [0.1, 0.15) is 5.75 Å². The highest BCUT2D eigenvalue weighted by Gasteiger charge is 2.31. The number of hydrogen-bond donors (Lipinski definition) is 1. The lowest BCUT2D eigenvalue weighted by Gasteiger charge is -2.11. The topological polar surface area (TPSA) is 39.1 Å². The number of aryl methyl sites for hydroxylation is 2. The van der Waals surface area contributed by atoms with Crippen LogP contribution in [0, 0.1) is 0 Å². The first-order valence-electron chi connectivity index (χ1n) is 6.48. The molecule has 0 aliphatic heterocycles. The van der Waals surface area contributed by atoms with Crippen LogP contribution in [-0.2, 0) is 20.0 Å². The average Bonchev–Trinajstić information content (AvgIpc) is 2.75. The summed E-state index contributed by atoms with van der Waals surface area (Å²) in [6, 6.07) is 5.77. The monoisotopic (exact) mass is 299 g/mol. The first-order chi connectivity index (χ1) is 9.87. The second kappa shape index (κ2) is 6.07. The van der Waals surface area contributed by atoms with E-state index in [4.69, 9.17) is 0 Å². The molecule has 114 valence electrons. The average molecular weight is 299 g/mol. The number of rotatable bonds is 5. The molecule has 4 nitrogen and oxygen atoms in total. The molecule has 0 aliphatic carbocycles. The lowest BCUT2D eigenvalue weighted by molar-refractivity contribution is -0.274. The van der Waals surface area contributed by atoms with Gasteiger partial charge in [-0.15, -0.1) is 13.2 Å². The van der Waals surface area contributed by atoms with E-state index in [2.05, 4.69) is 15.2 Å². The summed E-state index contributed by atoms with van der Waals surface area (Å²) in [5.74, 6) is -0.241. The van der Waals surface area contributed by atoms with E-state index in [1.807, 2.05) is 20.2 Å². The molecule has 2 rings (SSSR count). The van der Waals surface area contributed by atoms with Gasteiger partial charge in [-0.3, -0.25) is 4.68 Å². The number of ether oxygens (including phenoxy) is 1. The van der Waals surface area contributed by atoms with Crippen LogP contribution in [0.1, 0.15) is 18.2 Å². The van der Waals surface area contributed by atoms with Gasteiger partial charge in [0.2, 0.25) is 0 Å². The van der Waals surface area contributed by atoms with Crippen molar-refractivity contribution in [2.45, 2.75) is 26.3 Å². The second-order valence-corrected chi connectivity index (χ2v) is 4.56. The van der Waals surface area contributed by atoms with E-state index in [1.165, 1.54) is 18.2 Å². The van der Waals surface area contributed by atoms with Gasteiger partial charge in [-0.1, -0.05) is 13.0 Å². The van der Waals surface area contributed by atoms with Crippen molar-refractivity contribution in [1.29, 1.82) is 0 Å². The Hall–Kier alpha value is -2.18. The van der Waals surface area contributed by atoms with Gasteiger partial charge < -0.3 is 10.1 Å². The minimum absolute atomic E-state index is 0.241. The Morgan fingerprint density at radius 1 is 1.33 bits per heavy atom. The van der Waals surface area contributed by atoms with E-state index in [-0.39, 0.29) is 5.75 Å². The maximum Gasteiger partial charge on any atom is 0.573 e. The second-order valence-electron chi connectivity index (χ2n) is 4.56. The molecule has 0 atom stereocenters. The molecular formula is C14H16F3N3O. The van der Waals surface area contributed by atoms with Crippen LogP contribution < -0.4 is 10.1 Å². The number of aromatic nitrogens is 2. The van der Waals surface area contributed by atoms with Gasteiger partial charge in [0.05, 0.1) is 5.69 Å². The predicted molar refractivity (Wildman–Crippen MR) is 73.0 cm³/mol. The standard InChI is InChI=1S/C14H16F3N3O/c1-3-13-10(9-20(2)19-13)8-18-11-5-4-6-12(7-11)21-14(15,16)17/h4-7,9,18H,3,8H2,1-2H3. The van der Waals surface area contributed by atoms with Crippen molar-refractivity contribution >= 4 is 5.69 Å². The molecule has 0 unspecified atom stereocenters. The van der Waals surface area contributed by atoms with E-state index in [1.54, 1.807) is 10.7 Å². The third-order valence-electron chi connectivity index (χ3n) is 2.88. The van der Waals surface area contributed by atoms with Crippen molar-refractivity contribution in [3.8, 4) is 5.75 Å².